The van der Waals surface area contributed by atoms with E-state index in [0.29, 0.717) is 25.6 Å². The fraction of sp³-hybridized carbons (Fsp3) is 0.846. The molecule has 1 saturated carbocycles. The molecule has 0 aromatic rings. The number of aliphatic carboxylic acids is 1. The molecule has 1 fully saturated rings. The fourth-order valence-corrected chi connectivity index (χ4v) is 1.95. The van der Waals surface area contributed by atoms with Crippen molar-refractivity contribution in [3.05, 3.63) is 0 Å². The molecule has 2 amide bonds. The molecule has 0 saturated heterocycles. The van der Waals surface area contributed by atoms with E-state index in [-0.39, 0.29) is 12.6 Å². The lowest BCUT2D eigenvalue weighted by Gasteiger charge is -2.29. The van der Waals surface area contributed by atoms with Crippen LogP contribution in [0.1, 0.15) is 26.2 Å². The zero-order valence-electron chi connectivity index (χ0n) is 11.8. The van der Waals surface area contributed by atoms with Gasteiger partial charge in [0.2, 0.25) is 0 Å². The number of hydrogen-bond donors (Lipinski definition) is 1. The molecule has 0 bridgehead atoms. The smallest absolute Gasteiger partial charge is 0.323 e. The number of carbonyl (C=O) groups excluding carboxylic acids is 1. The number of ether oxygens (including phenoxy) is 1. The lowest BCUT2D eigenvalue weighted by Crippen LogP contribution is -2.47. The molecule has 1 N–H and O–H groups in total. The maximum Gasteiger partial charge on any atom is 0.323 e. The average molecular weight is 272 g/mol. The van der Waals surface area contributed by atoms with Crippen molar-refractivity contribution in [1.82, 2.24) is 9.80 Å². The first-order valence-electron chi connectivity index (χ1n) is 6.83. The summed E-state index contributed by atoms with van der Waals surface area (Å²) in [6, 6.07) is -0.187. The normalized spacial score (nSPS) is 14.2. The van der Waals surface area contributed by atoms with Gasteiger partial charge in [0.25, 0.3) is 0 Å². The molecule has 1 rings (SSSR count). The van der Waals surface area contributed by atoms with Crippen LogP contribution in [0.15, 0.2) is 0 Å². The molecule has 0 radical (unpaired) electrons. The van der Waals surface area contributed by atoms with E-state index < -0.39 is 5.97 Å². The lowest BCUT2D eigenvalue weighted by atomic mass is 10.3. The molecule has 0 unspecified atom stereocenters. The van der Waals surface area contributed by atoms with Gasteiger partial charge < -0.3 is 19.6 Å². The van der Waals surface area contributed by atoms with Gasteiger partial charge in [0.05, 0.1) is 6.61 Å². The number of hydrogen-bond acceptors (Lipinski definition) is 3. The number of urea groups is 1. The third kappa shape index (κ3) is 5.92. The standard InChI is InChI=1S/C13H24N2O4/c1-3-6-14(9-11-4-5-11)13(18)15(7-8-19-2)10-12(16)17/h11H,3-10H2,1-2H3,(H,16,17). The summed E-state index contributed by atoms with van der Waals surface area (Å²) in [5, 5.41) is 8.88. The van der Waals surface area contributed by atoms with Crippen LogP contribution in [0.4, 0.5) is 4.79 Å². The number of carboxylic acid groups (broad SMARTS) is 1. The topological polar surface area (TPSA) is 70.1 Å². The van der Waals surface area contributed by atoms with Crippen molar-refractivity contribution < 1.29 is 19.4 Å². The van der Waals surface area contributed by atoms with Gasteiger partial charge in [0, 0.05) is 26.7 Å². The first kappa shape index (κ1) is 15.8. The number of amides is 2. The summed E-state index contributed by atoms with van der Waals surface area (Å²) in [7, 11) is 1.54. The molecule has 0 aliphatic heterocycles. The van der Waals surface area contributed by atoms with E-state index in [1.54, 1.807) is 4.90 Å². The molecule has 0 aromatic heterocycles. The van der Waals surface area contributed by atoms with Gasteiger partial charge in [0.1, 0.15) is 6.54 Å². The molecule has 0 aromatic carbocycles. The van der Waals surface area contributed by atoms with Gasteiger partial charge in [-0.3, -0.25) is 4.79 Å². The molecule has 1 aliphatic rings. The van der Waals surface area contributed by atoms with Crippen molar-refractivity contribution in [1.29, 1.82) is 0 Å². The Kier molecular flexibility index (Phi) is 6.62. The minimum atomic E-state index is -0.993. The van der Waals surface area contributed by atoms with E-state index in [9.17, 15) is 9.59 Å². The van der Waals surface area contributed by atoms with Crippen molar-refractivity contribution in [2.24, 2.45) is 5.92 Å². The maximum absolute atomic E-state index is 12.4. The Morgan fingerprint density at radius 2 is 1.95 bits per heavy atom. The minimum absolute atomic E-state index is 0.187. The second kappa shape index (κ2) is 7.99. The van der Waals surface area contributed by atoms with Crippen molar-refractivity contribution in [2.75, 3.05) is 39.9 Å². The van der Waals surface area contributed by atoms with Crippen LogP contribution >= 0.6 is 0 Å². The Hall–Kier alpha value is -1.30. The fourth-order valence-electron chi connectivity index (χ4n) is 1.95. The average Bonchev–Trinajstić information content (AvgIpc) is 3.16. The predicted octanol–water partition coefficient (Wildman–Crippen LogP) is 1.26. The van der Waals surface area contributed by atoms with Gasteiger partial charge in [-0.25, -0.2) is 4.79 Å². The molecule has 6 heteroatoms. The van der Waals surface area contributed by atoms with E-state index in [1.807, 2.05) is 6.92 Å². The highest BCUT2D eigenvalue weighted by Gasteiger charge is 2.29. The molecular weight excluding hydrogens is 248 g/mol. The summed E-state index contributed by atoms with van der Waals surface area (Å²) in [4.78, 5) is 26.3. The Morgan fingerprint density at radius 3 is 2.42 bits per heavy atom. The summed E-state index contributed by atoms with van der Waals surface area (Å²) in [5.41, 5.74) is 0. The quantitative estimate of drug-likeness (QED) is 0.686. The molecule has 110 valence electrons. The van der Waals surface area contributed by atoms with Gasteiger partial charge in [-0.2, -0.15) is 0 Å². The van der Waals surface area contributed by atoms with Gasteiger partial charge >= 0.3 is 12.0 Å². The van der Waals surface area contributed by atoms with Crippen LogP contribution in [-0.4, -0.2) is 66.8 Å². The summed E-state index contributed by atoms with van der Waals surface area (Å²) in [6.45, 7) is 3.83. The van der Waals surface area contributed by atoms with Crippen LogP contribution in [0.5, 0.6) is 0 Å². The Morgan fingerprint density at radius 1 is 1.26 bits per heavy atom. The Bertz CT molecular complexity index is 305. The minimum Gasteiger partial charge on any atom is -0.480 e. The molecular formula is C13H24N2O4. The second-order valence-electron chi connectivity index (χ2n) is 4.98. The summed E-state index contributed by atoms with van der Waals surface area (Å²) >= 11 is 0. The third-order valence-corrected chi connectivity index (χ3v) is 3.10. The Balaban J connectivity index is 2.59. The van der Waals surface area contributed by atoms with Crippen molar-refractivity contribution in [3.8, 4) is 0 Å². The van der Waals surface area contributed by atoms with E-state index >= 15 is 0 Å². The molecule has 0 heterocycles. The molecule has 0 spiro atoms. The molecule has 6 nitrogen and oxygen atoms in total. The van der Waals surface area contributed by atoms with Gasteiger partial charge in [-0.05, 0) is 25.2 Å². The number of carboxylic acids is 1. The van der Waals surface area contributed by atoms with Gasteiger partial charge in [0.15, 0.2) is 0 Å². The van der Waals surface area contributed by atoms with Crippen molar-refractivity contribution >= 4 is 12.0 Å². The third-order valence-electron chi connectivity index (χ3n) is 3.10. The monoisotopic (exact) mass is 272 g/mol. The largest absolute Gasteiger partial charge is 0.480 e. The summed E-state index contributed by atoms with van der Waals surface area (Å²) in [5.74, 6) is -0.392. The van der Waals surface area contributed by atoms with E-state index in [0.717, 1.165) is 13.0 Å². The number of carbonyl (C=O) groups is 2. The number of methoxy groups -OCH3 is 1. The van der Waals surface area contributed by atoms with Crippen molar-refractivity contribution in [3.63, 3.8) is 0 Å². The van der Waals surface area contributed by atoms with Crippen LogP contribution in [0, 0.1) is 5.92 Å². The van der Waals surface area contributed by atoms with Crippen LogP contribution in [0.25, 0.3) is 0 Å². The SMILES string of the molecule is CCCN(CC1CC1)C(=O)N(CCOC)CC(=O)O. The van der Waals surface area contributed by atoms with Crippen LogP contribution in [0.2, 0.25) is 0 Å². The van der Waals surface area contributed by atoms with Crippen LogP contribution in [-0.2, 0) is 9.53 Å². The second-order valence-corrected chi connectivity index (χ2v) is 4.98. The van der Waals surface area contributed by atoms with Gasteiger partial charge in [-0.15, -0.1) is 0 Å². The zero-order valence-corrected chi connectivity index (χ0v) is 11.8. The van der Waals surface area contributed by atoms with E-state index in [2.05, 4.69) is 0 Å². The highest BCUT2D eigenvalue weighted by Crippen LogP contribution is 2.30. The summed E-state index contributed by atoms with van der Waals surface area (Å²) < 4.78 is 4.93. The van der Waals surface area contributed by atoms with E-state index in [1.165, 1.54) is 24.9 Å². The lowest BCUT2D eigenvalue weighted by molar-refractivity contribution is -0.137. The molecule has 1 aliphatic carbocycles. The molecule has 0 atom stereocenters. The van der Waals surface area contributed by atoms with Crippen LogP contribution in [0.3, 0.4) is 0 Å². The first-order chi connectivity index (χ1) is 9.08. The zero-order chi connectivity index (χ0) is 14.3. The van der Waals surface area contributed by atoms with E-state index in [4.69, 9.17) is 9.84 Å². The Labute approximate surface area is 114 Å². The number of nitrogens with zero attached hydrogens (tertiary/aromatic N) is 2. The van der Waals surface area contributed by atoms with Gasteiger partial charge in [-0.1, -0.05) is 6.92 Å². The highest BCUT2D eigenvalue weighted by atomic mass is 16.5. The summed E-state index contributed by atoms with van der Waals surface area (Å²) in [6.07, 6.45) is 3.22. The van der Waals surface area contributed by atoms with Crippen LogP contribution < -0.4 is 0 Å². The number of rotatable bonds is 9. The first-order valence-corrected chi connectivity index (χ1v) is 6.83. The predicted molar refractivity (Wildman–Crippen MR) is 71.1 cm³/mol. The van der Waals surface area contributed by atoms with Crippen molar-refractivity contribution in [2.45, 2.75) is 26.2 Å². The maximum atomic E-state index is 12.4. The highest BCUT2D eigenvalue weighted by molar-refractivity contribution is 5.80. The molecule has 19 heavy (non-hydrogen) atoms.